The van der Waals surface area contributed by atoms with Crippen LogP contribution >= 0.6 is 0 Å². The van der Waals surface area contributed by atoms with E-state index in [1.54, 1.807) is 19.1 Å². The minimum atomic E-state index is -4.48. The van der Waals surface area contributed by atoms with Crippen LogP contribution in [0.5, 0.6) is 5.75 Å². The first-order valence-electron chi connectivity index (χ1n) is 7.83. The number of phenols is 1. The lowest BCUT2D eigenvalue weighted by molar-refractivity contribution is -0.138. The van der Waals surface area contributed by atoms with Crippen molar-refractivity contribution in [1.29, 1.82) is 0 Å². The molecule has 0 aliphatic carbocycles. The number of nitrogens with one attached hydrogen (secondary N) is 1. The number of aromatic hydroxyl groups is 1. The number of fused-ring (bicyclic) bond motifs is 1. The molecule has 136 valence electrons. The van der Waals surface area contributed by atoms with Crippen molar-refractivity contribution < 1.29 is 18.3 Å². The highest BCUT2D eigenvalue weighted by atomic mass is 19.4. The molecule has 0 fully saturated rings. The van der Waals surface area contributed by atoms with Gasteiger partial charge in [0.15, 0.2) is 5.82 Å². The van der Waals surface area contributed by atoms with Crippen LogP contribution < -0.4 is 11.1 Å². The van der Waals surface area contributed by atoms with Gasteiger partial charge in [0, 0.05) is 23.0 Å². The predicted molar refractivity (Wildman–Crippen MR) is 93.9 cm³/mol. The molecule has 0 spiro atoms. The van der Waals surface area contributed by atoms with Crippen LogP contribution in [0.15, 0.2) is 30.3 Å². The molecule has 5 nitrogen and oxygen atoms in total. The second-order valence-corrected chi connectivity index (χ2v) is 6.07. The number of aromatic nitrogens is 2. The van der Waals surface area contributed by atoms with Crippen LogP contribution in [0.3, 0.4) is 0 Å². The van der Waals surface area contributed by atoms with Crippen molar-refractivity contribution in [3.63, 3.8) is 0 Å². The van der Waals surface area contributed by atoms with Gasteiger partial charge < -0.3 is 16.2 Å². The second kappa shape index (κ2) is 6.36. The van der Waals surface area contributed by atoms with E-state index < -0.39 is 11.7 Å². The number of hydrogen-bond donors (Lipinski definition) is 3. The zero-order valence-electron chi connectivity index (χ0n) is 14.1. The van der Waals surface area contributed by atoms with Gasteiger partial charge in [-0.2, -0.15) is 18.3 Å². The summed E-state index contributed by atoms with van der Waals surface area (Å²) in [5.74, 6) is 0.435. The van der Waals surface area contributed by atoms with Crippen molar-refractivity contribution >= 4 is 22.3 Å². The van der Waals surface area contributed by atoms with E-state index in [9.17, 15) is 18.3 Å². The maximum atomic E-state index is 13.1. The first-order valence-corrected chi connectivity index (χ1v) is 7.83. The molecule has 0 aliphatic rings. The average Bonchev–Trinajstić information content (AvgIpc) is 2.55. The van der Waals surface area contributed by atoms with Crippen LogP contribution in [0, 0.1) is 13.8 Å². The quantitative estimate of drug-likeness (QED) is 0.609. The molecule has 0 unspecified atom stereocenters. The molecular weight excluding hydrogens is 345 g/mol. The molecular formula is C18H17F3N4O. The molecule has 2 aromatic carbocycles. The van der Waals surface area contributed by atoms with Crippen molar-refractivity contribution in [2.24, 2.45) is 0 Å². The number of benzene rings is 2. The van der Waals surface area contributed by atoms with Gasteiger partial charge in [-0.3, -0.25) is 0 Å². The zero-order chi connectivity index (χ0) is 19.1. The molecule has 3 aromatic rings. The van der Waals surface area contributed by atoms with Crippen LogP contribution in [0.2, 0.25) is 0 Å². The van der Waals surface area contributed by atoms with Crippen molar-refractivity contribution in [2.75, 3.05) is 11.1 Å². The second-order valence-electron chi connectivity index (χ2n) is 6.07. The third-order valence-electron chi connectivity index (χ3n) is 4.24. The SMILES string of the molecule is Cc1c(CNc2nnc(C)c3ccc(O)cc23)cc(N)cc1C(F)(F)F. The number of halogens is 3. The highest BCUT2D eigenvalue weighted by Gasteiger charge is 2.33. The Kier molecular flexibility index (Phi) is 4.35. The molecule has 8 heteroatoms. The summed E-state index contributed by atoms with van der Waals surface area (Å²) in [5, 5.41) is 22.3. The number of alkyl halides is 3. The molecule has 0 radical (unpaired) electrons. The third-order valence-corrected chi connectivity index (χ3v) is 4.24. The smallest absolute Gasteiger partial charge is 0.416 e. The van der Waals surface area contributed by atoms with Crippen molar-refractivity contribution in [1.82, 2.24) is 10.2 Å². The predicted octanol–water partition coefficient (Wildman–Crippen LogP) is 4.17. The molecule has 0 atom stereocenters. The lowest BCUT2D eigenvalue weighted by atomic mass is 10.0. The molecule has 0 saturated heterocycles. The minimum Gasteiger partial charge on any atom is -0.508 e. The highest BCUT2D eigenvalue weighted by Crippen LogP contribution is 2.35. The molecule has 4 N–H and O–H groups in total. The van der Waals surface area contributed by atoms with E-state index in [-0.39, 0.29) is 23.5 Å². The fourth-order valence-corrected chi connectivity index (χ4v) is 2.86. The average molecular weight is 362 g/mol. The van der Waals surface area contributed by atoms with Crippen LogP contribution in [0.1, 0.15) is 22.4 Å². The fourth-order valence-electron chi connectivity index (χ4n) is 2.86. The van der Waals surface area contributed by atoms with E-state index in [4.69, 9.17) is 5.73 Å². The molecule has 0 aliphatic heterocycles. The largest absolute Gasteiger partial charge is 0.508 e. The molecule has 26 heavy (non-hydrogen) atoms. The monoisotopic (exact) mass is 362 g/mol. The van der Waals surface area contributed by atoms with E-state index in [1.165, 1.54) is 19.1 Å². The van der Waals surface area contributed by atoms with Gasteiger partial charge in [-0.25, -0.2) is 0 Å². The molecule has 0 amide bonds. The van der Waals surface area contributed by atoms with Crippen molar-refractivity contribution in [2.45, 2.75) is 26.6 Å². The zero-order valence-corrected chi connectivity index (χ0v) is 14.1. The van der Waals surface area contributed by atoms with E-state index >= 15 is 0 Å². The first kappa shape index (κ1) is 17.8. The number of nitrogen functional groups attached to an aromatic ring is 1. The number of hydrogen-bond acceptors (Lipinski definition) is 5. The topological polar surface area (TPSA) is 84.1 Å². The standard InChI is InChI=1S/C18H17F3N4O/c1-9-11(5-12(22)6-16(9)18(19,20)21)8-23-17-15-7-13(26)3-4-14(15)10(2)24-25-17/h3-7,26H,8,22H2,1-2H3,(H,23,25). The first-order chi connectivity index (χ1) is 12.2. The van der Waals surface area contributed by atoms with Gasteiger partial charge in [-0.05, 0) is 55.3 Å². The summed E-state index contributed by atoms with van der Waals surface area (Å²) >= 11 is 0. The van der Waals surface area contributed by atoms with Gasteiger partial charge in [0.05, 0.1) is 11.3 Å². The summed E-state index contributed by atoms with van der Waals surface area (Å²) in [4.78, 5) is 0. The van der Waals surface area contributed by atoms with Crippen LogP contribution in [-0.2, 0) is 12.7 Å². The number of nitrogens with two attached hydrogens (primary N) is 1. The number of nitrogens with zero attached hydrogens (tertiary/aromatic N) is 2. The van der Waals surface area contributed by atoms with E-state index in [0.717, 1.165) is 11.5 Å². The summed E-state index contributed by atoms with van der Waals surface area (Å²) in [7, 11) is 0. The Morgan fingerprint density at radius 3 is 2.50 bits per heavy atom. The Morgan fingerprint density at radius 1 is 1.08 bits per heavy atom. The fraction of sp³-hybridized carbons (Fsp3) is 0.222. The molecule has 0 saturated carbocycles. The Morgan fingerprint density at radius 2 is 1.81 bits per heavy atom. The molecule has 1 heterocycles. The molecule has 1 aromatic heterocycles. The number of phenolic OH excluding ortho intramolecular Hbond substituents is 1. The van der Waals surface area contributed by atoms with Gasteiger partial charge in [0.1, 0.15) is 5.75 Å². The Bertz CT molecular complexity index is 986. The number of rotatable bonds is 3. The third kappa shape index (κ3) is 3.35. The van der Waals surface area contributed by atoms with Crippen LogP contribution in [0.25, 0.3) is 10.8 Å². The van der Waals surface area contributed by atoms with Gasteiger partial charge in [-0.1, -0.05) is 0 Å². The van der Waals surface area contributed by atoms with E-state index in [1.807, 2.05) is 0 Å². The summed E-state index contributed by atoms with van der Waals surface area (Å²) in [5.41, 5.74) is 6.12. The lowest BCUT2D eigenvalue weighted by Gasteiger charge is -2.16. The van der Waals surface area contributed by atoms with Crippen molar-refractivity contribution in [3.05, 3.63) is 52.7 Å². The van der Waals surface area contributed by atoms with Gasteiger partial charge >= 0.3 is 6.18 Å². The Labute approximate surface area is 147 Å². The number of anilines is 2. The Balaban J connectivity index is 1.98. The summed E-state index contributed by atoms with van der Waals surface area (Å²) in [6.45, 7) is 3.28. The summed E-state index contributed by atoms with van der Waals surface area (Å²) in [6.07, 6.45) is -4.48. The normalized spacial score (nSPS) is 11.7. The maximum absolute atomic E-state index is 13.1. The van der Waals surface area contributed by atoms with Gasteiger partial charge in [0.25, 0.3) is 0 Å². The minimum absolute atomic E-state index is 0.0391. The van der Waals surface area contributed by atoms with Crippen LogP contribution in [0.4, 0.5) is 24.7 Å². The van der Waals surface area contributed by atoms with E-state index in [0.29, 0.717) is 22.5 Å². The lowest BCUT2D eigenvalue weighted by Crippen LogP contribution is -2.12. The summed E-state index contributed by atoms with van der Waals surface area (Å²) in [6, 6.07) is 7.22. The van der Waals surface area contributed by atoms with Crippen LogP contribution in [-0.4, -0.2) is 15.3 Å². The summed E-state index contributed by atoms with van der Waals surface area (Å²) < 4.78 is 39.4. The van der Waals surface area contributed by atoms with E-state index in [2.05, 4.69) is 15.5 Å². The maximum Gasteiger partial charge on any atom is 0.416 e. The van der Waals surface area contributed by atoms with Gasteiger partial charge in [0.2, 0.25) is 0 Å². The number of aryl methyl sites for hydroxylation is 1. The van der Waals surface area contributed by atoms with Gasteiger partial charge in [-0.15, -0.1) is 5.10 Å². The highest BCUT2D eigenvalue weighted by molar-refractivity contribution is 5.93. The van der Waals surface area contributed by atoms with Crippen molar-refractivity contribution in [3.8, 4) is 5.75 Å². The molecule has 3 rings (SSSR count). The molecule has 0 bridgehead atoms. The Hall–Kier alpha value is -3.03.